The maximum absolute atomic E-state index is 6.03. The molecule has 1 heterocycles. The monoisotopic (exact) mass is 306 g/mol. The Kier molecular flexibility index (Phi) is 4.11. The van der Waals surface area contributed by atoms with Crippen LogP contribution in [-0.2, 0) is 4.08 Å². The van der Waals surface area contributed by atoms with Gasteiger partial charge in [-0.2, -0.15) is 0 Å². The van der Waals surface area contributed by atoms with E-state index in [2.05, 4.69) is 42.5 Å². The Balaban J connectivity index is 2.09. The molecule has 1 aliphatic heterocycles. The van der Waals surface area contributed by atoms with Crippen LogP contribution in [0, 0.1) is 0 Å². The van der Waals surface area contributed by atoms with E-state index in [0.29, 0.717) is 0 Å². The molecule has 0 nitrogen and oxygen atoms in total. The van der Waals surface area contributed by atoms with Crippen molar-refractivity contribution in [3.05, 3.63) is 70.7 Å². The molecule has 1 saturated heterocycles. The van der Waals surface area contributed by atoms with Gasteiger partial charge in [-0.3, -0.25) is 0 Å². The van der Waals surface area contributed by atoms with Gasteiger partial charge in [0.1, 0.15) is 4.08 Å². The fourth-order valence-electron chi connectivity index (χ4n) is 2.36. The normalized spacial score (nSPS) is 18.2. The Morgan fingerprint density at radius 1 is 0.789 bits per heavy atom. The van der Waals surface area contributed by atoms with Crippen LogP contribution in [0.5, 0.6) is 0 Å². The zero-order chi connectivity index (χ0) is 13.1. The summed E-state index contributed by atoms with van der Waals surface area (Å²) in [6, 6.07) is 19.1. The number of halogens is 1. The topological polar surface area (TPSA) is 0 Å². The molecule has 3 rings (SSSR count). The van der Waals surface area contributed by atoms with Gasteiger partial charge in [-0.15, -0.1) is 23.5 Å². The minimum Gasteiger partial charge on any atom is -0.135 e. The minimum absolute atomic E-state index is 0.0318. The standard InChI is InChI=1S/C16H15ClS2/c17-15-9-7-14(8-10-15)16(18-11-4-12-19-16)13-5-2-1-3-6-13/h1-3,5-10H,4,11-12H2. The predicted molar refractivity (Wildman–Crippen MR) is 88.2 cm³/mol. The smallest absolute Gasteiger partial charge is 0.111 e. The van der Waals surface area contributed by atoms with E-state index in [1.807, 2.05) is 35.7 Å². The Morgan fingerprint density at radius 3 is 2.00 bits per heavy atom. The third kappa shape index (κ3) is 2.67. The number of rotatable bonds is 2. The second-order valence-electron chi connectivity index (χ2n) is 4.54. The average Bonchev–Trinajstić information content (AvgIpc) is 2.49. The fraction of sp³-hybridized carbons (Fsp3) is 0.250. The molecule has 0 aliphatic carbocycles. The quantitative estimate of drug-likeness (QED) is 0.727. The van der Waals surface area contributed by atoms with Crippen LogP contribution in [0.1, 0.15) is 17.5 Å². The number of thioether (sulfide) groups is 2. The molecule has 0 spiro atoms. The lowest BCUT2D eigenvalue weighted by atomic mass is 10.0. The van der Waals surface area contributed by atoms with Gasteiger partial charge in [-0.1, -0.05) is 54.1 Å². The second-order valence-corrected chi connectivity index (χ2v) is 7.85. The number of hydrogen-bond donors (Lipinski definition) is 0. The van der Waals surface area contributed by atoms with Gasteiger partial charge in [-0.25, -0.2) is 0 Å². The van der Waals surface area contributed by atoms with Gasteiger partial charge in [-0.05, 0) is 41.2 Å². The van der Waals surface area contributed by atoms with E-state index in [0.717, 1.165) is 5.02 Å². The summed E-state index contributed by atoms with van der Waals surface area (Å²) in [6.07, 6.45) is 1.29. The third-order valence-corrected chi connectivity index (χ3v) is 6.98. The number of hydrogen-bond acceptors (Lipinski definition) is 2. The van der Waals surface area contributed by atoms with Crippen molar-refractivity contribution in [2.24, 2.45) is 0 Å². The Morgan fingerprint density at radius 2 is 1.37 bits per heavy atom. The first-order valence-corrected chi connectivity index (χ1v) is 8.76. The molecule has 0 bridgehead atoms. The van der Waals surface area contributed by atoms with Crippen LogP contribution >= 0.6 is 35.1 Å². The molecule has 0 atom stereocenters. The molecule has 2 aromatic rings. The van der Waals surface area contributed by atoms with Crippen molar-refractivity contribution in [1.29, 1.82) is 0 Å². The van der Waals surface area contributed by atoms with Gasteiger partial charge in [0.2, 0.25) is 0 Å². The highest BCUT2D eigenvalue weighted by atomic mass is 35.5. The molecule has 0 radical (unpaired) electrons. The maximum atomic E-state index is 6.03. The van der Waals surface area contributed by atoms with Crippen molar-refractivity contribution in [3.8, 4) is 0 Å². The van der Waals surface area contributed by atoms with E-state index in [9.17, 15) is 0 Å². The Labute approximate surface area is 127 Å². The SMILES string of the molecule is Clc1ccc(C2(c3ccccc3)SCCCS2)cc1. The van der Waals surface area contributed by atoms with Gasteiger partial charge in [0, 0.05) is 5.02 Å². The van der Waals surface area contributed by atoms with Crippen LogP contribution in [0.4, 0.5) is 0 Å². The zero-order valence-electron chi connectivity index (χ0n) is 10.5. The van der Waals surface area contributed by atoms with E-state index in [1.165, 1.54) is 29.1 Å². The molecule has 0 aromatic heterocycles. The van der Waals surface area contributed by atoms with Crippen LogP contribution in [0.15, 0.2) is 54.6 Å². The van der Waals surface area contributed by atoms with E-state index in [4.69, 9.17) is 11.6 Å². The van der Waals surface area contributed by atoms with Gasteiger partial charge < -0.3 is 0 Å². The molecule has 3 heteroatoms. The van der Waals surface area contributed by atoms with E-state index >= 15 is 0 Å². The summed E-state index contributed by atoms with van der Waals surface area (Å²) in [4.78, 5) is 0. The van der Waals surface area contributed by atoms with Crippen molar-refractivity contribution < 1.29 is 0 Å². The van der Waals surface area contributed by atoms with Crippen molar-refractivity contribution in [2.45, 2.75) is 10.5 Å². The highest BCUT2D eigenvalue weighted by Crippen LogP contribution is 2.54. The van der Waals surface area contributed by atoms with Crippen molar-refractivity contribution in [2.75, 3.05) is 11.5 Å². The minimum atomic E-state index is 0.0318. The van der Waals surface area contributed by atoms with Crippen molar-refractivity contribution in [1.82, 2.24) is 0 Å². The van der Waals surface area contributed by atoms with E-state index in [-0.39, 0.29) is 4.08 Å². The molecule has 1 aliphatic rings. The van der Waals surface area contributed by atoms with Gasteiger partial charge in [0.25, 0.3) is 0 Å². The van der Waals surface area contributed by atoms with Crippen LogP contribution in [0.2, 0.25) is 5.02 Å². The first-order valence-electron chi connectivity index (χ1n) is 6.41. The predicted octanol–water partition coefficient (Wildman–Crippen LogP) is 5.41. The summed E-state index contributed by atoms with van der Waals surface area (Å²) in [6.45, 7) is 0. The summed E-state index contributed by atoms with van der Waals surface area (Å²) in [5.74, 6) is 2.43. The molecular formula is C16H15ClS2. The van der Waals surface area contributed by atoms with Crippen LogP contribution < -0.4 is 0 Å². The summed E-state index contributed by atoms with van der Waals surface area (Å²) < 4.78 is 0.0318. The Hall–Kier alpha value is -0.570. The Bertz CT molecular complexity index is 530. The first-order chi connectivity index (χ1) is 9.31. The first kappa shape index (κ1) is 13.4. The van der Waals surface area contributed by atoms with Crippen LogP contribution in [0.25, 0.3) is 0 Å². The highest BCUT2D eigenvalue weighted by Gasteiger charge is 2.37. The molecule has 0 unspecified atom stereocenters. The summed E-state index contributed by atoms with van der Waals surface area (Å²) in [5, 5.41) is 0.803. The molecule has 1 fully saturated rings. The van der Waals surface area contributed by atoms with Gasteiger partial charge in [0.05, 0.1) is 0 Å². The fourth-order valence-corrected chi connectivity index (χ4v) is 5.86. The molecule has 0 saturated carbocycles. The van der Waals surface area contributed by atoms with Crippen molar-refractivity contribution >= 4 is 35.1 Å². The lowest BCUT2D eigenvalue weighted by Crippen LogP contribution is -2.24. The van der Waals surface area contributed by atoms with Gasteiger partial charge in [0.15, 0.2) is 0 Å². The molecule has 0 amide bonds. The molecule has 2 aromatic carbocycles. The molecule has 98 valence electrons. The summed E-state index contributed by atoms with van der Waals surface area (Å²) in [7, 11) is 0. The highest BCUT2D eigenvalue weighted by molar-refractivity contribution is 8.18. The maximum Gasteiger partial charge on any atom is 0.111 e. The second kappa shape index (κ2) is 5.82. The summed E-state index contributed by atoms with van der Waals surface area (Å²) >= 11 is 10.1. The lowest BCUT2D eigenvalue weighted by Gasteiger charge is -2.37. The largest absolute Gasteiger partial charge is 0.135 e. The average molecular weight is 307 g/mol. The molecule has 19 heavy (non-hydrogen) atoms. The van der Waals surface area contributed by atoms with Crippen LogP contribution in [-0.4, -0.2) is 11.5 Å². The molecule has 0 N–H and O–H groups in total. The zero-order valence-corrected chi connectivity index (χ0v) is 12.9. The van der Waals surface area contributed by atoms with E-state index < -0.39 is 0 Å². The van der Waals surface area contributed by atoms with Crippen LogP contribution in [0.3, 0.4) is 0 Å². The van der Waals surface area contributed by atoms with E-state index in [1.54, 1.807) is 0 Å². The lowest BCUT2D eigenvalue weighted by molar-refractivity contribution is 1.00. The van der Waals surface area contributed by atoms with Crippen molar-refractivity contribution in [3.63, 3.8) is 0 Å². The molecular weight excluding hydrogens is 292 g/mol. The summed E-state index contributed by atoms with van der Waals surface area (Å²) in [5.41, 5.74) is 2.73. The van der Waals surface area contributed by atoms with Gasteiger partial charge >= 0.3 is 0 Å². The third-order valence-electron chi connectivity index (χ3n) is 3.28. The number of benzene rings is 2.